The minimum absolute atomic E-state index is 0.0972. The molecule has 2 aromatic rings. The van der Waals surface area contributed by atoms with Crippen LogP contribution in [0.4, 0.5) is 11.4 Å². The number of carbonyl (C=O) groups is 1. The predicted molar refractivity (Wildman–Crippen MR) is 98.5 cm³/mol. The van der Waals surface area contributed by atoms with Gasteiger partial charge in [0.1, 0.15) is 5.69 Å². The molecule has 1 amide bonds. The van der Waals surface area contributed by atoms with E-state index in [0.29, 0.717) is 17.1 Å². The fourth-order valence-corrected chi connectivity index (χ4v) is 2.16. The maximum Gasteiger partial charge on any atom is 0.294 e. The normalized spacial score (nSPS) is 10.4. The molecular formula is C17H18N4O6. The van der Waals surface area contributed by atoms with Gasteiger partial charge in [0, 0.05) is 11.6 Å². The van der Waals surface area contributed by atoms with Crippen molar-refractivity contribution in [3.05, 3.63) is 52.1 Å². The van der Waals surface area contributed by atoms with Crippen molar-refractivity contribution in [1.29, 1.82) is 0 Å². The number of nitro benzene ring substituents is 1. The summed E-state index contributed by atoms with van der Waals surface area (Å²) < 4.78 is 15.8. The Bertz CT molecular complexity index is 843. The number of anilines is 1. The number of nitrogens with one attached hydrogen (secondary N) is 1. The van der Waals surface area contributed by atoms with Gasteiger partial charge in [-0.2, -0.15) is 5.10 Å². The highest BCUT2D eigenvalue weighted by atomic mass is 16.6. The van der Waals surface area contributed by atoms with Crippen LogP contribution in [0.1, 0.15) is 5.56 Å². The first-order valence-electron chi connectivity index (χ1n) is 7.66. The van der Waals surface area contributed by atoms with Crippen LogP contribution in [0.2, 0.25) is 0 Å². The van der Waals surface area contributed by atoms with E-state index in [0.717, 1.165) is 0 Å². The number of hydrazone groups is 1. The van der Waals surface area contributed by atoms with Crippen LogP contribution >= 0.6 is 0 Å². The second-order valence-corrected chi connectivity index (χ2v) is 5.15. The Labute approximate surface area is 154 Å². The van der Waals surface area contributed by atoms with Crippen molar-refractivity contribution >= 4 is 23.5 Å². The summed E-state index contributed by atoms with van der Waals surface area (Å²) in [6.45, 7) is -0.334. The van der Waals surface area contributed by atoms with Crippen LogP contribution in [0.15, 0.2) is 41.5 Å². The van der Waals surface area contributed by atoms with E-state index < -0.39 is 10.8 Å². The summed E-state index contributed by atoms with van der Waals surface area (Å²) in [5.74, 6) is 0.200. The molecule has 3 N–H and O–H groups in total. The maximum absolute atomic E-state index is 11.0. The zero-order valence-electron chi connectivity index (χ0n) is 14.7. The van der Waals surface area contributed by atoms with Gasteiger partial charge < -0.3 is 19.9 Å². The Morgan fingerprint density at radius 1 is 1.26 bits per heavy atom. The molecule has 0 spiro atoms. The molecule has 0 aromatic heterocycles. The third kappa shape index (κ3) is 5.08. The van der Waals surface area contributed by atoms with Crippen molar-refractivity contribution in [2.45, 2.75) is 0 Å². The van der Waals surface area contributed by atoms with Crippen LogP contribution in [0.3, 0.4) is 0 Å². The Balaban J connectivity index is 2.25. The SMILES string of the molecule is COc1cc(/C=N\Nc2ccccc2[N+](=O)[O-])cc(OC)c1OCC(N)=O. The number of para-hydroxylation sites is 2. The molecule has 2 rings (SSSR count). The number of ether oxygens (including phenoxy) is 3. The molecule has 0 aliphatic rings. The average molecular weight is 374 g/mol. The lowest BCUT2D eigenvalue weighted by Gasteiger charge is -2.14. The van der Waals surface area contributed by atoms with Gasteiger partial charge in [0.25, 0.3) is 11.6 Å². The largest absolute Gasteiger partial charge is 0.493 e. The average Bonchev–Trinajstić information content (AvgIpc) is 2.66. The summed E-state index contributed by atoms with van der Waals surface area (Å²) in [4.78, 5) is 21.4. The van der Waals surface area contributed by atoms with Gasteiger partial charge >= 0.3 is 0 Å². The van der Waals surface area contributed by atoms with Crippen LogP contribution in [0.25, 0.3) is 0 Å². The highest BCUT2D eigenvalue weighted by Gasteiger charge is 2.15. The molecule has 0 aliphatic carbocycles. The van der Waals surface area contributed by atoms with E-state index in [-0.39, 0.29) is 23.7 Å². The summed E-state index contributed by atoms with van der Waals surface area (Å²) in [5, 5.41) is 15.0. The van der Waals surface area contributed by atoms with E-state index in [1.54, 1.807) is 24.3 Å². The van der Waals surface area contributed by atoms with Gasteiger partial charge in [0.15, 0.2) is 18.1 Å². The van der Waals surface area contributed by atoms with Crippen molar-refractivity contribution in [3.63, 3.8) is 0 Å². The zero-order valence-corrected chi connectivity index (χ0v) is 14.7. The number of carbonyl (C=O) groups excluding carboxylic acids is 1. The second-order valence-electron chi connectivity index (χ2n) is 5.15. The molecule has 10 heteroatoms. The lowest BCUT2D eigenvalue weighted by molar-refractivity contribution is -0.384. The number of hydrogen-bond donors (Lipinski definition) is 2. The minimum Gasteiger partial charge on any atom is -0.493 e. The number of methoxy groups -OCH3 is 2. The van der Waals surface area contributed by atoms with Gasteiger partial charge in [0.05, 0.1) is 25.4 Å². The van der Waals surface area contributed by atoms with Crippen molar-refractivity contribution in [2.75, 3.05) is 26.3 Å². The Kier molecular flexibility index (Phi) is 6.53. The first-order chi connectivity index (χ1) is 13.0. The first-order valence-corrected chi connectivity index (χ1v) is 7.66. The summed E-state index contributed by atoms with van der Waals surface area (Å²) in [6.07, 6.45) is 1.43. The molecule has 0 bridgehead atoms. The quantitative estimate of drug-likeness (QED) is 0.388. The Morgan fingerprint density at radius 2 is 1.89 bits per heavy atom. The first kappa shape index (κ1) is 19.5. The number of nitrogens with zero attached hydrogens (tertiary/aromatic N) is 2. The van der Waals surface area contributed by atoms with Gasteiger partial charge in [-0.05, 0) is 18.2 Å². The fourth-order valence-electron chi connectivity index (χ4n) is 2.16. The highest BCUT2D eigenvalue weighted by molar-refractivity contribution is 5.83. The third-order valence-corrected chi connectivity index (χ3v) is 3.34. The molecular weight excluding hydrogens is 356 g/mol. The highest BCUT2D eigenvalue weighted by Crippen LogP contribution is 2.38. The van der Waals surface area contributed by atoms with Gasteiger partial charge in [-0.25, -0.2) is 0 Å². The van der Waals surface area contributed by atoms with Gasteiger partial charge in [-0.3, -0.25) is 20.3 Å². The monoisotopic (exact) mass is 374 g/mol. The second kappa shape index (κ2) is 9.04. The van der Waals surface area contributed by atoms with Crippen LogP contribution in [-0.2, 0) is 4.79 Å². The molecule has 2 aromatic carbocycles. The van der Waals surface area contributed by atoms with Crippen molar-refractivity contribution in [3.8, 4) is 17.2 Å². The number of rotatable bonds is 9. The number of hydrogen-bond acceptors (Lipinski definition) is 8. The standard InChI is InChI=1S/C17H18N4O6/c1-25-14-7-11(8-15(26-2)17(14)27-10-16(18)22)9-19-20-12-5-3-4-6-13(12)21(23)24/h3-9,20H,10H2,1-2H3,(H2,18,22)/b19-9-. The van der Waals surface area contributed by atoms with E-state index >= 15 is 0 Å². The van der Waals surface area contributed by atoms with E-state index in [1.807, 2.05) is 0 Å². The number of nitro groups is 1. The number of benzene rings is 2. The number of nitrogens with two attached hydrogens (primary N) is 1. The molecule has 10 nitrogen and oxygen atoms in total. The Morgan fingerprint density at radius 3 is 2.44 bits per heavy atom. The molecule has 0 radical (unpaired) electrons. The topological polar surface area (TPSA) is 138 Å². The fraction of sp³-hybridized carbons (Fsp3) is 0.176. The van der Waals surface area contributed by atoms with Crippen molar-refractivity contribution in [1.82, 2.24) is 0 Å². The Hall–Kier alpha value is -3.82. The van der Waals surface area contributed by atoms with Gasteiger partial charge in [-0.15, -0.1) is 0 Å². The predicted octanol–water partition coefficient (Wildman–Crippen LogP) is 1.92. The van der Waals surface area contributed by atoms with Crippen molar-refractivity contribution in [2.24, 2.45) is 10.8 Å². The van der Waals surface area contributed by atoms with E-state index in [1.165, 1.54) is 32.6 Å². The van der Waals surface area contributed by atoms with Crippen molar-refractivity contribution < 1.29 is 23.9 Å². The summed E-state index contributed by atoms with van der Waals surface area (Å²) >= 11 is 0. The minimum atomic E-state index is -0.640. The third-order valence-electron chi connectivity index (χ3n) is 3.34. The van der Waals surface area contributed by atoms with Crippen LogP contribution < -0.4 is 25.4 Å². The number of amides is 1. The molecule has 0 unspecified atom stereocenters. The molecule has 27 heavy (non-hydrogen) atoms. The van der Waals surface area contributed by atoms with E-state index in [9.17, 15) is 14.9 Å². The molecule has 0 saturated heterocycles. The lowest BCUT2D eigenvalue weighted by atomic mass is 10.2. The van der Waals surface area contributed by atoms with Crippen LogP contribution in [0.5, 0.6) is 17.2 Å². The summed E-state index contributed by atoms with van der Waals surface area (Å²) in [5.41, 5.74) is 8.43. The van der Waals surface area contributed by atoms with E-state index in [2.05, 4.69) is 10.5 Å². The zero-order chi connectivity index (χ0) is 19.8. The molecule has 0 aliphatic heterocycles. The van der Waals surface area contributed by atoms with E-state index in [4.69, 9.17) is 19.9 Å². The van der Waals surface area contributed by atoms with Crippen LogP contribution in [0, 0.1) is 10.1 Å². The summed E-state index contributed by atoms with van der Waals surface area (Å²) in [6, 6.07) is 9.33. The molecule has 0 fully saturated rings. The smallest absolute Gasteiger partial charge is 0.294 e. The van der Waals surface area contributed by atoms with Gasteiger partial charge in [-0.1, -0.05) is 12.1 Å². The molecule has 0 heterocycles. The van der Waals surface area contributed by atoms with Crippen LogP contribution in [-0.4, -0.2) is 37.9 Å². The van der Waals surface area contributed by atoms with Gasteiger partial charge in [0.2, 0.25) is 5.75 Å². The lowest BCUT2D eigenvalue weighted by Crippen LogP contribution is -2.20. The number of primary amides is 1. The molecule has 0 saturated carbocycles. The summed E-state index contributed by atoms with van der Waals surface area (Å²) in [7, 11) is 2.86. The molecule has 0 atom stereocenters. The molecule has 142 valence electrons. The maximum atomic E-state index is 11.0.